The Labute approximate surface area is 161 Å². The summed E-state index contributed by atoms with van der Waals surface area (Å²) in [7, 11) is 1.65. The van der Waals surface area contributed by atoms with Crippen LogP contribution < -0.4 is 15.2 Å². The number of hydrogen-bond donors (Lipinski definition) is 1. The van der Waals surface area contributed by atoms with Gasteiger partial charge in [0.25, 0.3) is 0 Å². The first-order valence-electron chi connectivity index (χ1n) is 10.8. The Balaban J connectivity index is 1.87. The Hall–Kier alpha value is -1.38. The number of benzene rings is 1. The molecule has 26 heavy (non-hydrogen) atoms. The Bertz CT molecular complexity index is 448. The minimum absolute atomic E-state index is 0.700. The van der Waals surface area contributed by atoms with Crippen molar-refractivity contribution in [2.24, 2.45) is 0 Å². The summed E-state index contributed by atoms with van der Waals surface area (Å²) in [5.74, 6) is 1.51. The Morgan fingerprint density at radius 1 is 0.692 bits per heavy atom. The van der Waals surface area contributed by atoms with Crippen molar-refractivity contribution >= 4 is 5.69 Å². The fourth-order valence-electron chi connectivity index (χ4n) is 3.28. The van der Waals surface area contributed by atoms with Crippen molar-refractivity contribution < 1.29 is 9.47 Å². The van der Waals surface area contributed by atoms with Crippen molar-refractivity contribution in [3.8, 4) is 11.5 Å². The number of hydrogen-bond acceptors (Lipinski definition) is 3. The Morgan fingerprint density at radius 3 is 1.69 bits per heavy atom. The maximum atomic E-state index is 5.81. The fourth-order valence-corrected chi connectivity index (χ4v) is 3.28. The molecule has 0 heterocycles. The highest BCUT2D eigenvalue weighted by Gasteiger charge is 2.04. The second kappa shape index (κ2) is 15.8. The van der Waals surface area contributed by atoms with Crippen molar-refractivity contribution in [3.63, 3.8) is 0 Å². The molecule has 0 aromatic heterocycles. The first kappa shape index (κ1) is 22.7. The van der Waals surface area contributed by atoms with E-state index in [4.69, 9.17) is 15.2 Å². The van der Waals surface area contributed by atoms with E-state index in [-0.39, 0.29) is 0 Å². The normalized spacial score (nSPS) is 10.8. The van der Waals surface area contributed by atoms with Gasteiger partial charge in [0.05, 0.1) is 13.7 Å². The maximum absolute atomic E-state index is 5.81. The second-order valence-electron chi connectivity index (χ2n) is 7.35. The van der Waals surface area contributed by atoms with E-state index in [1.54, 1.807) is 13.2 Å². The summed E-state index contributed by atoms with van der Waals surface area (Å²) >= 11 is 0. The average Bonchev–Trinajstić information content (AvgIpc) is 2.65. The van der Waals surface area contributed by atoms with Crippen molar-refractivity contribution in [3.05, 3.63) is 18.2 Å². The molecule has 0 spiro atoms. The van der Waals surface area contributed by atoms with Crippen LogP contribution in [0.5, 0.6) is 11.5 Å². The minimum Gasteiger partial charge on any atom is -0.493 e. The van der Waals surface area contributed by atoms with Gasteiger partial charge in [-0.15, -0.1) is 0 Å². The molecule has 0 bridgehead atoms. The number of unbranched alkanes of at least 4 members (excludes halogenated alkanes) is 13. The molecule has 0 radical (unpaired) electrons. The number of anilines is 1. The highest BCUT2D eigenvalue weighted by Crippen LogP contribution is 2.29. The van der Waals surface area contributed by atoms with Gasteiger partial charge >= 0.3 is 0 Å². The molecule has 1 rings (SSSR count). The van der Waals surface area contributed by atoms with Crippen LogP contribution in [0, 0.1) is 0 Å². The van der Waals surface area contributed by atoms with Crippen LogP contribution in [0.15, 0.2) is 18.2 Å². The molecule has 0 saturated carbocycles. The van der Waals surface area contributed by atoms with E-state index >= 15 is 0 Å². The van der Waals surface area contributed by atoms with E-state index in [1.807, 2.05) is 12.1 Å². The highest BCUT2D eigenvalue weighted by molar-refractivity contribution is 5.51. The lowest BCUT2D eigenvalue weighted by Gasteiger charge is -2.11. The van der Waals surface area contributed by atoms with Crippen LogP contribution in [-0.4, -0.2) is 13.7 Å². The van der Waals surface area contributed by atoms with Gasteiger partial charge in [-0.25, -0.2) is 0 Å². The smallest absolute Gasteiger partial charge is 0.162 e. The molecule has 150 valence electrons. The molecule has 0 fully saturated rings. The van der Waals surface area contributed by atoms with E-state index in [1.165, 1.54) is 83.5 Å². The van der Waals surface area contributed by atoms with Gasteiger partial charge in [0.2, 0.25) is 0 Å². The molecular formula is C23H41NO2. The van der Waals surface area contributed by atoms with Gasteiger partial charge in [-0.2, -0.15) is 0 Å². The van der Waals surface area contributed by atoms with E-state index in [2.05, 4.69) is 6.92 Å². The van der Waals surface area contributed by atoms with E-state index < -0.39 is 0 Å². The summed E-state index contributed by atoms with van der Waals surface area (Å²) in [5, 5.41) is 0. The lowest BCUT2D eigenvalue weighted by Crippen LogP contribution is -2.00. The average molecular weight is 364 g/mol. The third-order valence-corrected chi connectivity index (χ3v) is 4.94. The van der Waals surface area contributed by atoms with E-state index in [0.717, 1.165) is 24.5 Å². The van der Waals surface area contributed by atoms with Gasteiger partial charge in [0.1, 0.15) is 0 Å². The van der Waals surface area contributed by atoms with Crippen LogP contribution in [0.4, 0.5) is 5.69 Å². The number of nitrogen functional groups attached to an aromatic ring is 1. The predicted molar refractivity (Wildman–Crippen MR) is 113 cm³/mol. The summed E-state index contributed by atoms with van der Waals surface area (Å²) in [6.07, 6.45) is 19.2. The van der Waals surface area contributed by atoms with Gasteiger partial charge < -0.3 is 15.2 Å². The number of ether oxygens (including phenoxy) is 2. The largest absolute Gasteiger partial charge is 0.493 e. The summed E-state index contributed by atoms with van der Waals surface area (Å²) < 4.78 is 11.1. The van der Waals surface area contributed by atoms with Crippen molar-refractivity contribution in [1.82, 2.24) is 0 Å². The first-order chi connectivity index (χ1) is 12.8. The molecule has 0 aliphatic rings. The molecule has 1 aromatic carbocycles. The Kier molecular flexibility index (Phi) is 13.8. The second-order valence-corrected chi connectivity index (χ2v) is 7.35. The third kappa shape index (κ3) is 11.3. The first-order valence-corrected chi connectivity index (χ1v) is 10.8. The van der Waals surface area contributed by atoms with Crippen LogP contribution in [0.1, 0.15) is 96.8 Å². The third-order valence-electron chi connectivity index (χ3n) is 4.94. The van der Waals surface area contributed by atoms with Crippen LogP contribution in [0.25, 0.3) is 0 Å². The zero-order valence-corrected chi connectivity index (χ0v) is 17.2. The molecule has 3 nitrogen and oxygen atoms in total. The molecule has 0 aliphatic heterocycles. The molecule has 0 atom stereocenters. The standard InChI is InChI=1S/C23H41NO2/c1-3-4-5-6-7-8-9-10-11-12-13-14-15-16-19-26-22-18-17-21(24)20-23(22)25-2/h17-18,20H,3-16,19,24H2,1-2H3. The van der Waals surface area contributed by atoms with E-state index in [9.17, 15) is 0 Å². The summed E-state index contributed by atoms with van der Waals surface area (Å²) in [6.45, 7) is 3.03. The molecular weight excluding hydrogens is 322 g/mol. The predicted octanol–water partition coefficient (Wildman–Crippen LogP) is 7.14. The molecule has 3 heteroatoms. The van der Waals surface area contributed by atoms with Crippen LogP contribution in [0.3, 0.4) is 0 Å². The lowest BCUT2D eigenvalue weighted by atomic mass is 10.0. The van der Waals surface area contributed by atoms with Gasteiger partial charge in [-0.3, -0.25) is 0 Å². The molecule has 2 N–H and O–H groups in total. The van der Waals surface area contributed by atoms with Crippen molar-refractivity contribution in [2.75, 3.05) is 19.5 Å². The van der Waals surface area contributed by atoms with Crippen LogP contribution in [0.2, 0.25) is 0 Å². The zero-order valence-electron chi connectivity index (χ0n) is 17.2. The molecule has 1 aromatic rings. The monoisotopic (exact) mass is 363 g/mol. The minimum atomic E-state index is 0.700. The summed E-state index contributed by atoms with van der Waals surface area (Å²) in [4.78, 5) is 0. The Morgan fingerprint density at radius 2 is 1.19 bits per heavy atom. The maximum Gasteiger partial charge on any atom is 0.162 e. The fraction of sp³-hybridized carbons (Fsp3) is 0.739. The van der Waals surface area contributed by atoms with E-state index in [0.29, 0.717) is 5.69 Å². The molecule has 0 saturated heterocycles. The quantitative estimate of drug-likeness (QED) is 0.236. The lowest BCUT2D eigenvalue weighted by molar-refractivity contribution is 0.284. The van der Waals surface area contributed by atoms with Crippen LogP contribution in [-0.2, 0) is 0 Å². The van der Waals surface area contributed by atoms with Crippen LogP contribution >= 0.6 is 0 Å². The van der Waals surface area contributed by atoms with Crippen molar-refractivity contribution in [2.45, 2.75) is 96.8 Å². The number of nitrogens with two attached hydrogens (primary N) is 1. The van der Waals surface area contributed by atoms with Crippen molar-refractivity contribution in [1.29, 1.82) is 0 Å². The zero-order chi connectivity index (χ0) is 18.9. The number of methoxy groups -OCH3 is 1. The van der Waals surface area contributed by atoms with Gasteiger partial charge in [0, 0.05) is 11.8 Å². The SMILES string of the molecule is CCCCCCCCCCCCCCCCOc1ccc(N)cc1OC. The topological polar surface area (TPSA) is 44.5 Å². The molecule has 0 unspecified atom stereocenters. The summed E-state index contributed by atoms with van der Waals surface area (Å²) in [6, 6.07) is 5.54. The molecule has 0 aliphatic carbocycles. The van der Waals surface area contributed by atoms with Gasteiger partial charge in [-0.1, -0.05) is 90.4 Å². The highest BCUT2D eigenvalue weighted by atomic mass is 16.5. The van der Waals surface area contributed by atoms with Gasteiger partial charge in [-0.05, 0) is 18.6 Å². The molecule has 0 amide bonds. The summed E-state index contributed by atoms with van der Waals surface area (Å²) in [5.41, 5.74) is 6.45. The number of rotatable bonds is 17. The van der Waals surface area contributed by atoms with Gasteiger partial charge in [0.15, 0.2) is 11.5 Å².